The van der Waals surface area contributed by atoms with E-state index in [1.54, 1.807) is 9.13 Å². The molecule has 4 aromatic rings. The Kier molecular flexibility index (Phi) is 4.11. The SMILES string of the molecule is Cn1c(=O)c2c(c3ccccc31)OC(C)(C)[C@@H]1[C@H]2C[C@]2(C)C[C@H]1c1c(c3ccccc3n(C)c1=O)O2. The number of rotatable bonds is 0. The van der Waals surface area contributed by atoms with Gasteiger partial charge in [0.05, 0.1) is 22.2 Å². The van der Waals surface area contributed by atoms with E-state index < -0.39 is 11.2 Å². The van der Waals surface area contributed by atoms with E-state index >= 15 is 0 Å². The normalized spacial score (nSPS) is 27.5. The van der Waals surface area contributed by atoms with Gasteiger partial charge in [-0.2, -0.15) is 0 Å². The Bertz CT molecular complexity index is 1630. The monoisotopic (exact) mass is 482 g/mol. The van der Waals surface area contributed by atoms with Gasteiger partial charge >= 0.3 is 0 Å². The smallest absolute Gasteiger partial charge is 0.258 e. The van der Waals surface area contributed by atoms with Crippen LogP contribution >= 0.6 is 0 Å². The Morgan fingerprint density at radius 2 is 1.17 bits per heavy atom. The number of para-hydroxylation sites is 2. The molecule has 2 aromatic carbocycles. The third kappa shape index (κ3) is 2.62. The van der Waals surface area contributed by atoms with E-state index in [1.807, 2.05) is 62.6 Å². The van der Waals surface area contributed by atoms with Crippen LogP contribution in [0.25, 0.3) is 21.8 Å². The van der Waals surface area contributed by atoms with E-state index in [4.69, 9.17) is 9.47 Å². The van der Waals surface area contributed by atoms with E-state index in [0.29, 0.717) is 17.9 Å². The van der Waals surface area contributed by atoms with E-state index in [1.165, 1.54) is 0 Å². The van der Waals surface area contributed by atoms with Gasteiger partial charge in [0.1, 0.15) is 22.7 Å². The first-order valence-electron chi connectivity index (χ1n) is 12.7. The highest BCUT2D eigenvalue weighted by Crippen LogP contribution is 2.62. The van der Waals surface area contributed by atoms with Crippen LogP contribution in [0.4, 0.5) is 0 Å². The van der Waals surface area contributed by atoms with Crippen LogP contribution in [0, 0.1) is 5.92 Å². The van der Waals surface area contributed by atoms with Crippen LogP contribution < -0.4 is 20.6 Å². The summed E-state index contributed by atoms with van der Waals surface area (Å²) < 4.78 is 17.0. The maximum Gasteiger partial charge on any atom is 0.258 e. The highest BCUT2D eigenvalue weighted by atomic mass is 16.5. The minimum absolute atomic E-state index is 0.0237. The van der Waals surface area contributed by atoms with Gasteiger partial charge in [0.15, 0.2) is 0 Å². The zero-order chi connectivity index (χ0) is 25.1. The second kappa shape index (κ2) is 6.81. The molecule has 6 heteroatoms. The second-order valence-corrected chi connectivity index (χ2v) is 11.7. The molecule has 0 saturated heterocycles. The topological polar surface area (TPSA) is 62.5 Å². The number of hydrogen-bond acceptors (Lipinski definition) is 4. The maximum absolute atomic E-state index is 13.8. The van der Waals surface area contributed by atoms with E-state index in [9.17, 15) is 9.59 Å². The first kappa shape index (κ1) is 21.7. The van der Waals surface area contributed by atoms with Gasteiger partial charge in [0.2, 0.25) is 0 Å². The van der Waals surface area contributed by atoms with Gasteiger partial charge in [-0.15, -0.1) is 0 Å². The number of fused-ring (bicyclic) bond motifs is 12. The Hall–Kier alpha value is -3.54. The van der Waals surface area contributed by atoms with Crippen molar-refractivity contribution in [2.45, 2.75) is 56.7 Å². The number of hydrogen-bond donors (Lipinski definition) is 0. The number of benzene rings is 2. The van der Waals surface area contributed by atoms with Crippen LogP contribution in [0.15, 0.2) is 58.1 Å². The van der Waals surface area contributed by atoms with Crippen LogP contribution in [0.2, 0.25) is 0 Å². The molecule has 0 radical (unpaired) electrons. The summed E-state index contributed by atoms with van der Waals surface area (Å²) in [6.45, 7) is 6.37. The molecule has 1 aliphatic carbocycles. The fourth-order valence-electron chi connectivity index (χ4n) is 7.60. The fraction of sp³-hybridized carbons (Fsp3) is 0.400. The Balaban J connectivity index is 1.54. The van der Waals surface area contributed by atoms with Gasteiger partial charge in [0, 0.05) is 42.6 Å². The van der Waals surface area contributed by atoms with Gasteiger partial charge in [-0.25, -0.2) is 0 Å². The first-order chi connectivity index (χ1) is 17.1. The van der Waals surface area contributed by atoms with Crippen molar-refractivity contribution >= 4 is 21.8 Å². The zero-order valence-corrected chi connectivity index (χ0v) is 21.3. The van der Waals surface area contributed by atoms with Crippen LogP contribution in [-0.2, 0) is 14.1 Å². The Labute approximate surface area is 209 Å². The van der Waals surface area contributed by atoms with Gasteiger partial charge < -0.3 is 18.6 Å². The summed E-state index contributed by atoms with van der Waals surface area (Å²) in [6, 6.07) is 15.9. The van der Waals surface area contributed by atoms with Gasteiger partial charge in [-0.1, -0.05) is 24.3 Å². The van der Waals surface area contributed by atoms with Gasteiger partial charge in [0.25, 0.3) is 11.1 Å². The number of aryl methyl sites for hydroxylation is 2. The average molecular weight is 483 g/mol. The van der Waals surface area contributed by atoms with Crippen molar-refractivity contribution in [3.05, 3.63) is 80.4 Å². The fourth-order valence-corrected chi connectivity index (χ4v) is 7.60. The molecule has 1 fully saturated rings. The summed E-state index contributed by atoms with van der Waals surface area (Å²) in [7, 11) is 3.66. The van der Waals surface area contributed by atoms with Gasteiger partial charge in [-0.05, 0) is 57.9 Å². The standard InChI is InChI=1S/C30H30N2O4/c1-29(2)24-18(22-25(35-29)16-10-6-8-12-20(16)31(4)27(22)33)14-30(3)15-19(24)23-26(36-30)17-11-7-9-13-21(17)32(5)28(23)34/h6-13,18-19,24H,14-15H2,1-5H3/t18-,19-,24+,30+/m0/s1. The number of nitrogens with zero attached hydrogens (tertiary/aromatic N) is 2. The molecule has 0 amide bonds. The lowest BCUT2D eigenvalue weighted by Crippen LogP contribution is -2.58. The molecule has 2 aromatic heterocycles. The highest BCUT2D eigenvalue weighted by Gasteiger charge is 2.59. The van der Waals surface area contributed by atoms with E-state index in [-0.39, 0.29) is 28.9 Å². The van der Waals surface area contributed by atoms with Crippen molar-refractivity contribution in [2.24, 2.45) is 20.0 Å². The summed E-state index contributed by atoms with van der Waals surface area (Å²) in [4.78, 5) is 27.7. The number of aromatic nitrogens is 2. The lowest BCUT2D eigenvalue weighted by atomic mass is 9.56. The van der Waals surface area contributed by atoms with Crippen molar-refractivity contribution in [1.82, 2.24) is 9.13 Å². The van der Waals surface area contributed by atoms with Crippen LogP contribution in [0.3, 0.4) is 0 Å². The van der Waals surface area contributed by atoms with Crippen molar-refractivity contribution in [3.8, 4) is 11.5 Å². The average Bonchev–Trinajstić information content (AvgIpc) is 2.84. The largest absolute Gasteiger partial charge is 0.486 e. The molecule has 0 N–H and O–H groups in total. The third-order valence-electron chi connectivity index (χ3n) is 9.01. The molecule has 2 bridgehead atoms. The Morgan fingerprint density at radius 3 is 1.67 bits per heavy atom. The van der Waals surface area contributed by atoms with Crippen molar-refractivity contribution in [3.63, 3.8) is 0 Å². The molecule has 36 heavy (non-hydrogen) atoms. The molecule has 0 spiro atoms. The van der Waals surface area contributed by atoms with E-state index in [2.05, 4.69) is 20.8 Å². The summed E-state index contributed by atoms with van der Waals surface area (Å²) in [5.41, 5.74) is 2.06. The molecule has 2 aliphatic heterocycles. The molecule has 184 valence electrons. The first-order valence-corrected chi connectivity index (χ1v) is 12.7. The van der Waals surface area contributed by atoms with Crippen LogP contribution in [0.1, 0.15) is 56.6 Å². The maximum atomic E-state index is 13.8. The minimum atomic E-state index is -0.579. The Morgan fingerprint density at radius 1 is 0.722 bits per heavy atom. The molecular weight excluding hydrogens is 452 g/mol. The summed E-state index contributed by atoms with van der Waals surface area (Å²) in [6.07, 6.45) is 1.43. The van der Waals surface area contributed by atoms with E-state index in [0.717, 1.165) is 39.4 Å². The predicted octanol–water partition coefficient (Wildman–Crippen LogP) is 4.99. The lowest BCUT2D eigenvalue weighted by Gasteiger charge is -2.57. The summed E-state index contributed by atoms with van der Waals surface area (Å²) in [5.74, 6) is 1.19. The van der Waals surface area contributed by atoms with Crippen LogP contribution in [-0.4, -0.2) is 20.3 Å². The summed E-state index contributed by atoms with van der Waals surface area (Å²) >= 11 is 0. The van der Waals surface area contributed by atoms with Crippen molar-refractivity contribution in [1.29, 1.82) is 0 Å². The molecule has 3 aliphatic rings. The number of ether oxygens (including phenoxy) is 2. The predicted molar refractivity (Wildman–Crippen MR) is 140 cm³/mol. The van der Waals surface area contributed by atoms with Crippen LogP contribution in [0.5, 0.6) is 11.5 Å². The lowest BCUT2D eigenvalue weighted by molar-refractivity contribution is -0.0798. The molecule has 1 saturated carbocycles. The number of pyridine rings is 2. The van der Waals surface area contributed by atoms with Crippen molar-refractivity contribution in [2.75, 3.05) is 0 Å². The molecule has 4 heterocycles. The third-order valence-corrected chi connectivity index (χ3v) is 9.01. The molecule has 0 unspecified atom stereocenters. The minimum Gasteiger partial charge on any atom is -0.486 e. The molecule has 7 rings (SSSR count). The molecular formula is C30H30N2O4. The van der Waals surface area contributed by atoms with Gasteiger partial charge in [-0.3, -0.25) is 9.59 Å². The molecule has 4 atom stereocenters. The summed E-state index contributed by atoms with van der Waals surface area (Å²) in [5, 5.41) is 1.91. The zero-order valence-electron chi connectivity index (χ0n) is 21.3. The quantitative estimate of drug-likeness (QED) is 0.354. The molecule has 6 nitrogen and oxygen atoms in total. The second-order valence-electron chi connectivity index (χ2n) is 11.7. The van der Waals surface area contributed by atoms with Crippen molar-refractivity contribution < 1.29 is 9.47 Å². The highest BCUT2D eigenvalue weighted by molar-refractivity contribution is 5.88.